The zero-order chi connectivity index (χ0) is 13.0. The number of hydrogen-bond donors (Lipinski definition) is 2. The number of amides is 3. The van der Waals surface area contributed by atoms with E-state index in [-0.39, 0.29) is 12.1 Å². The average Bonchev–Trinajstić information content (AvgIpc) is 2.23. The standard InChI is InChI=1S/C10H10N4O3/c1-6-2-3-7(4-11)9(16)14(6)5-8(15)13-10(12)17/h2-3H,5H2,1H3,(H3,12,13,15,17). The van der Waals surface area contributed by atoms with Gasteiger partial charge in [-0.25, -0.2) is 4.79 Å². The molecule has 0 spiro atoms. The molecule has 0 aliphatic rings. The van der Waals surface area contributed by atoms with E-state index in [2.05, 4.69) is 0 Å². The molecule has 7 nitrogen and oxygen atoms in total. The average molecular weight is 234 g/mol. The molecule has 0 atom stereocenters. The number of imide groups is 1. The van der Waals surface area contributed by atoms with Crippen molar-refractivity contribution in [2.75, 3.05) is 0 Å². The molecular formula is C10H10N4O3. The summed E-state index contributed by atoms with van der Waals surface area (Å²) in [5, 5.41) is 10.5. The Hall–Kier alpha value is -2.62. The highest BCUT2D eigenvalue weighted by molar-refractivity contribution is 5.93. The third-order valence-electron chi connectivity index (χ3n) is 2.08. The van der Waals surface area contributed by atoms with E-state index < -0.39 is 17.5 Å². The van der Waals surface area contributed by atoms with Crippen LogP contribution < -0.4 is 16.6 Å². The third-order valence-corrected chi connectivity index (χ3v) is 2.08. The smallest absolute Gasteiger partial charge is 0.318 e. The summed E-state index contributed by atoms with van der Waals surface area (Å²) in [6, 6.07) is 3.65. The van der Waals surface area contributed by atoms with Gasteiger partial charge in [-0.3, -0.25) is 14.9 Å². The minimum absolute atomic E-state index is 0.0672. The van der Waals surface area contributed by atoms with Crippen molar-refractivity contribution in [3.63, 3.8) is 0 Å². The molecule has 0 saturated carbocycles. The Balaban J connectivity index is 3.07. The molecule has 88 valence electrons. The fourth-order valence-electron chi connectivity index (χ4n) is 1.27. The molecule has 1 aromatic heterocycles. The summed E-state index contributed by atoms with van der Waals surface area (Å²) in [7, 11) is 0. The number of nitrogens with zero attached hydrogens (tertiary/aromatic N) is 2. The van der Waals surface area contributed by atoms with Crippen LogP contribution in [0.3, 0.4) is 0 Å². The number of rotatable bonds is 2. The first-order valence-electron chi connectivity index (χ1n) is 4.65. The number of pyridine rings is 1. The minimum atomic E-state index is -0.989. The van der Waals surface area contributed by atoms with Crippen molar-refractivity contribution in [3.05, 3.63) is 33.7 Å². The summed E-state index contributed by atoms with van der Waals surface area (Å²) in [5.41, 5.74) is 4.63. The van der Waals surface area contributed by atoms with Gasteiger partial charge in [-0.05, 0) is 19.1 Å². The Labute approximate surface area is 96.5 Å². The molecule has 0 bridgehead atoms. The number of nitrogens with two attached hydrogens (primary N) is 1. The molecule has 1 heterocycles. The van der Waals surface area contributed by atoms with E-state index in [1.807, 2.05) is 5.32 Å². The lowest BCUT2D eigenvalue weighted by Gasteiger charge is -2.08. The highest BCUT2D eigenvalue weighted by Gasteiger charge is 2.10. The fourth-order valence-corrected chi connectivity index (χ4v) is 1.27. The van der Waals surface area contributed by atoms with Gasteiger partial charge in [0.2, 0.25) is 5.91 Å². The first-order chi connectivity index (χ1) is 7.95. The molecule has 17 heavy (non-hydrogen) atoms. The summed E-state index contributed by atoms with van der Waals surface area (Å²) in [4.78, 5) is 33.4. The number of nitrogens with one attached hydrogen (secondary N) is 1. The highest BCUT2D eigenvalue weighted by Crippen LogP contribution is 1.97. The maximum absolute atomic E-state index is 11.7. The third kappa shape index (κ3) is 2.92. The SMILES string of the molecule is Cc1ccc(C#N)c(=O)n1CC(=O)NC(N)=O. The van der Waals surface area contributed by atoms with E-state index in [1.165, 1.54) is 12.1 Å². The van der Waals surface area contributed by atoms with Crippen LogP contribution in [0.25, 0.3) is 0 Å². The Morgan fingerprint density at radius 3 is 2.71 bits per heavy atom. The number of urea groups is 1. The molecule has 0 unspecified atom stereocenters. The second-order valence-electron chi connectivity index (χ2n) is 3.30. The molecule has 3 N–H and O–H groups in total. The topological polar surface area (TPSA) is 118 Å². The molecule has 0 fully saturated rings. The lowest BCUT2D eigenvalue weighted by molar-refractivity contribution is -0.120. The van der Waals surface area contributed by atoms with Crippen LogP contribution in [0.5, 0.6) is 0 Å². The molecule has 1 rings (SSSR count). The number of carbonyl (C=O) groups excluding carboxylic acids is 2. The van der Waals surface area contributed by atoms with Crippen molar-refractivity contribution >= 4 is 11.9 Å². The van der Waals surface area contributed by atoms with E-state index >= 15 is 0 Å². The van der Waals surface area contributed by atoms with Gasteiger partial charge in [-0.2, -0.15) is 5.26 Å². The number of primary amides is 1. The summed E-state index contributed by atoms with van der Waals surface area (Å²) >= 11 is 0. The molecule has 7 heteroatoms. The van der Waals surface area contributed by atoms with Crippen LogP contribution in [-0.4, -0.2) is 16.5 Å². The van der Waals surface area contributed by atoms with E-state index in [0.717, 1.165) is 4.57 Å². The maximum Gasteiger partial charge on any atom is 0.318 e. The van der Waals surface area contributed by atoms with Gasteiger partial charge >= 0.3 is 6.03 Å². The summed E-state index contributed by atoms with van der Waals surface area (Å²) < 4.78 is 1.09. The van der Waals surface area contributed by atoms with Crippen LogP contribution >= 0.6 is 0 Å². The Morgan fingerprint density at radius 2 is 2.18 bits per heavy atom. The van der Waals surface area contributed by atoms with Gasteiger partial charge in [0.05, 0.1) is 0 Å². The van der Waals surface area contributed by atoms with Crippen molar-refractivity contribution in [3.8, 4) is 6.07 Å². The van der Waals surface area contributed by atoms with Crippen molar-refractivity contribution < 1.29 is 9.59 Å². The molecule has 0 aliphatic heterocycles. The Kier molecular flexibility index (Phi) is 3.62. The zero-order valence-electron chi connectivity index (χ0n) is 9.06. The second kappa shape index (κ2) is 4.94. The van der Waals surface area contributed by atoms with Gasteiger partial charge in [0.15, 0.2) is 0 Å². The van der Waals surface area contributed by atoms with E-state index in [9.17, 15) is 14.4 Å². The molecule has 0 radical (unpaired) electrons. The second-order valence-corrected chi connectivity index (χ2v) is 3.30. The maximum atomic E-state index is 11.7. The number of carbonyl (C=O) groups is 2. The molecular weight excluding hydrogens is 224 g/mol. The van der Waals surface area contributed by atoms with Gasteiger partial charge in [0.1, 0.15) is 18.2 Å². The van der Waals surface area contributed by atoms with Crippen molar-refractivity contribution in [1.29, 1.82) is 5.26 Å². The molecule has 0 saturated heterocycles. The predicted molar refractivity (Wildman–Crippen MR) is 57.9 cm³/mol. The number of hydrogen-bond acceptors (Lipinski definition) is 4. The highest BCUT2D eigenvalue weighted by atomic mass is 16.2. The van der Waals surface area contributed by atoms with Gasteiger partial charge in [0, 0.05) is 5.69 Å². The molecule has 0 aromatic carbocycles. The fraction of sp³-hybridized carbons (Fsp3) is 0.200. The van der Waals surface area contributed by atoms with E-state index in [0.29, 0.717) is 5.69 Å². The lowest BCUT2D eigenvalue weighted by atomic mass is 10.2. The van der Waals surface area contributed by atoms with Crippen molar-refractivity contribution in [2.45, 2.75) is 13.5 Å². The van der Waals surface area contributed by atoms with Crippen LogP contribution in [0.15, 0.2) is 16.9 Å². The predicted octanol–water partition coefficient (Wildman–Crippen LogP) is -0.777. The minimum Gasteiger partial charge on any atom is -0.351 e. The first kappa shape index (κ1) is 12.4. The number of aryl methyl sites for hydroxylation is 1. The normalized spacial score (nSPS) is 9.41. The van der Waals surface area contributed by atoms with Crippen LogP contribution in [0.1, 0.15) is 11.3 Å². The van der Waals surface area contributed by atoms with Crippen molar-refractivity contribution in [1.82, 2.24) is 9.88 Å². The number of aromatic nitrogens is 1. The van der Waals surface area contributed by atoms with E-state index in [4.69, 9.17) is 11.0 Å². The molecule has 0 aliphatic carbocycles. The van der Waals surface area contributed by atoms with Crippen LogP contribution in [-0.2, 0) is 11.3 Å². The summed E-state index contributed by atoms with van der Waals surface area (Å²) in [5.74, 6) is -0.710. The zero-order valence-corrected chi connectivity index (χ0v) is 9.06. The van der Waals surface area contributed by atoms with Crippen LogP contribution in [0, 0.1) is 18.3 Å². The van der Waals surface area contributed by atoms with Crippen LogP contribution in [0.2, 0.25) is 0 Å². The largest absolute Gasteiger partial charge is 0.351 e. The van der Waals surface area contributed by atoms with Gasteiger partial charge in [0.25, 0.3) is 5.56 Å². The first-order valence-corrected chi connectivity index (χ1v) is 4.65. The summed E-state index contributed by atoms with van der Waals surface area (Å²) in [6.45, 7) is 1.25. The van der Waals surface area contributed by atoms with Crippen LogP contribution in [0.4, 0.5) is 4.79 Å². The van der Waals surface area contributed by atoms with E-state index in [1.54, 1.807) is 13.0 Å². The molecule has 1 aromatic rings. The lowest BCUT2D eigenvalue weighted by Crippen LogP contribution is -2.39. The Bertz CT molecular complexity index is 568. The van der Waals surface area contributed by atoms with Gasteiger partial charge < -0.3 is 10.3 Å². The quantitative estimate of drug-likeness (QED) is 0.697. The van der Waals surface area contributed by atoms with Gasteiger partial charge in [-0.15, -0.1) is 0 Å². The van der Waals surface area contributed by atoms with Gasteiger partial charge in [-0.1, -0.05) is 0 Å². The Morgan fingerprint density at radius 1 is 1.53 bits per heavy atom. The molecule has 3 amide bonds. The summed E-state index contributed by atoms with van der Waals surface area (Å²) in [6.07, 6.45) is 0. The monoisotopic (exact) mass is 234 g/mol. The van der Waals surface area contributed by atoms with Crippen molar-refractivity contribution in [2.24, 2.45) is 5.73 Å². The number of nitriles is 1.